The van der Waals surface area contributed by atoms with Crippen LogP contribution in [0.1, 0.15) is 79.6 Å². The Hall–Kier alpha value is -2.90. The first-order valence-corrected chi connectivity index (χ1v) is 15.2. The number of amides is 2. The molecule has 5 rings (SSSR count). The molecule has 1 spiro atoms. The molecule has 3 atom stereocenters. The standard InChI is InChI=1S/C32H43N3O8/c36-22-24-7-9-25(10-8-24)28-19-27(21-35-15-13-32(14-16-35)40-17-18-41-32)42-31(43-28)26-11-5-23(6-12-26)20-33-29(37)3-1-2-4-30(38)34-39/h5-12,27-28,31,36,39H,1-4,13-22H2,(H,33,37)(H,34,38). The van der Waals surface area contributed by atoms with Gasteiger partial charge in [-0.1, -0.05) is 48.5 Å². The minimum atomic E-state index is -0.543. The van der Waals surface area contributed by atoms with E-state index in [1.165, 1.54) is 0 Å². The summed E-state index contributed by atoms with van der Waals surface area (Å²) in [6, 6.07) is 15.8. The molecule has 234 valence electrons. The molecule has 2 aromatic rings. The molecule has 2 amide bonds. The van der Waals surface area contributed by atoms with Gasteiger partial charge in [-0.2, -0.15) is 0 Å². The van der Waals surface area contributed by atoms with Crippen molar-refractivity contribution in [3.63, 3.8) is 0 Å². The molecule has 11 nitrogen and oxygen atoms in total. The average Bonchev–Trinajstić information content (AvgIpc) is 3.51. The number of carbonyl (C=O) groups is 2. The van der Waals surface area contributed by atoms with E-state index in [2.05, 4.69) is 10.2 Å². The van der Waals surface area contributed by atoms with Crippen LogP contribution in [-0.2, 0) is 41.7 Å². The summed E-state index contributed by atoms with van der Waals surface area (Å²) < 4.78 is 24.8. The van der Waals surface area contributed by atoms with Crippen molar-refractivity contribution in [3.05, 3.63) is 70.8 Å². The molecule has 3 unspecified atom stereocenters. The molecule has 11 heteroatoms. The van der Waals surface area contributed by atoms with Crippen molar-refractivity contribution in [2.24, 2.45) is 0 Å². The van der Waals surface area contributed by atoms with E-state index >= 15 is 0 Å². The predicted molar refractivity (Wildman–Crippen MR) is 155 cm³/mol. The maximum atomic E-state index is 12.2. The van der Waals surface area contributed by atoms with Gasteiger partial charge in [0.25, 0.3) is 0 Å². The number of rotatable bonds is 12. The molecule has 3 fully saturated rings. The molecule has 0 bridgehead atoms. The molecular weight excluding hydrogens is 554 g/mol. The van der Waals surface area contributed by atoms with Gasteiger partial charge in [0.15, 0.2) is 12.1 Å². The summed E-state index contributed by atoms with van der Waals surface area (Å²) in [4.78, 5) is 25.7. The van der Waals surface area contributed by atoms with Crippen LogP contribution in [0.3, 0.4) is 0 Å². The second kappa shape index (κ2) is 15.2. The Morgan fingerprint density at radius 2 is 1.49 bits per heavy atom. The first-order valence-electron chi connectivity index (χ1n) is 15.2. The SMILES string of the molecule is O=C(CCCCC(=O)NCc1ccc(C2OC(CN3CCC4(CC3)OCCO4)CC(c3ccc(CO)cc3)O2)cc1)NO. The molecule has 3 saturated heterocycles. The summed E-state index contributed by atoms with van der Waals surface area (Å²) >= 11 is 0. The third-order valence-corrected chi connectivity index (χ3v) is 8.43. The molecule has 3 aliphatic heterocycles. The highest BCUT2D eigenvalue weighted by Crippen LogP contribution is 2.39. The molecule has 3 aliphatic rings. The lowest BCUT2D eigenvalue weighted by Crippen LogP contribution is -2.48. The van der Waals surface area contributed by atoms with Gasteiger partial charge in [0.2, 0.25) is 11.8 Å². The summed E-state index contributed by atoms with van der Waals surface area (Å²) in [5.41, 5.74) is 5.37. The second-order valence-electron chi connectivity index (χ2n) is 11.5. The smallest absolute Gasteiger partial charge is 0.243 e. The van der Waals surface area contributed by atoms with Crippen molar-refractivity contribution >= 4 is 11.8 Å². The Morgan fingerprint density at radius 3 is 2.14 bits per heavy atom. The van der Waals surface area contributed by atoms with Crippen molar-refractivity contribution < 1.29 is 38.9 Å². The summed E-state index contributed by atoms with van der Waals surface area (Å²) in [6.45, 7) is 4.30. The Balaban J connectivity index is 1.18. The van der Waals surface area contributed by atoms with E-state index in [9.17, 15) is 14.7 Å². The summed E-state index contributed by atoms with van der Waals surface area (Å²) in [5, 5.41) is 20.9. The number of carbonyl (C=O) groups excluding carboxylic acids is 2. The second-order valence-corrected chi connectivity index (χ2v) is 11.5. The predicted octanol–water partition coefficient (Wildman–Crippen LogP) is 3.25. The zero-order chi connectivity index (χ0) is 30.1. The van der Waals surface area contributed by atoms with Gasteiger partial charge >= 0.3 is 0 Å². The quantitative estimate of drug-likeness (QED) is 0.165. The zero-order valence-corrected chi connectivity index (χ0v) is 24.5. The van der Waals surface area contributed by atoms with Crippen molar-refractivity contribution in [3.8, 4) is 0 Å². The first kappa shape index (κ1) is 31.5. The maximum absolute atomic E-state index is 12.2. The first-order chi connectivity index (χ1) is 20.9. The van der Waals surface area contributed by atoms with E-state index in [-0.39, 0.29) is 31.1 Å². The van der Waals surface area contributed by atoms with Crippen molar-refractivity contribution in [2.45, 2.75) is 82.4 Å². The van der Waals surface area contributed by atoms with Gasteiger partial charge in [-0.15, -0.1) is 0 Å². The number of hydrogen-bond acceptors (Lipinski definition) is 9. The van der Waals surface area contributed by atoms with Crippen molar-refractivity contribution in [2.75, 3.05) is 32.8 Å². The lowest BCUT2D eigenvalue weighted by atomic mass is 9.98. The van der Waals surface area contributed by atoms with Crippen LogP contribution in [0.5, 0.6) is 0 Å². The third-order valence-electron chi connectivity index (χ3n) is 8.43. The van der Waals surface area contributed by atoms with Gasteiger partial charge in [-0.3, -0.25) is 14.8 Å². The van der Waals surface area contributed by atoms with Gasteiger partial charge in [-0.05, 0) is 29.5 Å². The van der Waals surface area contributed by atoms with Crippen LogP contribution in [0.4, 0.5) is 0 Å². The van der Waals surface area contributed by atoms with Gasteiger partial charge < -0.3 is 34.3 Å². The molecule has 43 heavy (non-hydrogen) atoms. The number of nitrogens with zero attached hydrogens (tertiary/aromatic N) is 1. The van der Waals surface area contributed by atoms with Crippen LogP contribution in [-0.4, -0.2) is 71.8 Å². The molecule has 0 aliphatic carbocycles. The van der Waals surface area contributed by atoms with Crippen molar-refractivity contribution in [1.82, 2.24) is 15.7 Å². The summed E-state index contributed by atoms with van der Waals surface area (Å²) in [7, 11) is 0. The number of aliphatic hydroxyl groups excluding tert-OH is 1. The number of benzene rings is 2. The highest BCUT2D eigenvalue weighted by Gasteiger charge is 2.41. The Bertz CT molecular complexity index is 1180. The number of ether oxygens (including phenoxy) is 4. The van der Waals surface area contributed by atoms with E-state index in [4.69, 9.17) is 24.2 Å². The molecular formula is C32H43N3O8. The average molecular weight is 598 g/mol. The van der Waals surface area contributed by atoms with Crippen LogP contribution in [0.2, 0.25) is 0 Å². The molecule has 0 radical (unpaired) electrons. The maximum Gasteiger partial charge on any atom is 0.243 e. The van der Waals surface area contributed by atoms with Gasteiger partial charge in [0, 0.05) is 63.8 Å². The number of piperidine rings is 1. The fourth-order valence-electron chi connectivity index (χ4n) is 5.89. The monoisotopic (exact) mass is 597 g/mol. The number of hydrogen-bond donors (Lipinski definition) is 4. The topological polar surface area (TPSA) is 139 Å². The highest BCUT2D eigenvalue weighted by atomic mass is 16.7. The van der Waals surface area contributed by atoms with Crippen LogP contribution in [0.25, 0.3) is 0 Å². The van der Waals surface area contributed by atoms with E-state index in [1.54, 1.807) is 5.48 Å². The number of unbranched alkanes of at least 4 members (excludes halogenated alkanes) is 1. The number of hydroxylamine groups is 1. The van der Waals surface area contributed by atoms with Gasteiger partial charge in [0.05, 0.1) is 32.0 Å². The van der Waals surface area contributed by atoms with E-state index in [1.807, 2.05) is 48.5 Å². The normalized spacial score (nSPS) is 23.7. The van der Waals surface area contributed by atoms with Gasteiger partial charge in [-0.25, -0.2) is 5.48 Å². The number of nitrogens with one attached hydrogen (secondary N) is 2. The Labute approximate surface area is 252 Å². The Morgan fingerprint density at radius 1 is 0.860 bits per heavy atom. The van der Waals surface area contributed by atoms with Crippen molar-refractivity contribution in [1.29, 1.82) is 0 Å². The fraction of sp³-hybridized carbons (Fsp3) is 0.562. The summed E-state index contributed by atoms with van der Waals surface area (Å²) in [6.07, 6.45) is 3.30. The zero-order valence-electron chi connectivity index (χ0n) is 24.5. The minimum Gasteiger partial charge on any atom is -0.392 e. The molecule has 0 saturated carbocycles. The van der Waals surface area contributed by atoms with Crippen LogP contribution in [0.15, 0.2) is 48.5 Å². The lowest BCUT2D eigenvalue weighted by Gasteiger charge is -2.41. The molecule has 2 aromatic carbocycles. The van der Waals surface area contributed by atoms with Crippen LogP contribution >= 0.6 is 0 Å². The molecule has 4 N–H and O–H groups in total. The number of likely N-dealkylation sites (tertiary alicyclic amines) is 1. The lowest BCUT2D eigenvalue weighted by molar-refractivity contribution is -0.255. The van der Waals surface area contributed by atoms with Gasteiger partial charge in [0.1, 0.15) is 0 Å². The van der Waals surface area contributed by atoms with E-state index in [0.29, 0.717) is 39.0 Å². The largest absolute Gasteiger partial charge is 0.392 e. The minimum absolute atomic E-state index is 0.000197. The van der Waals surface area contributed by atoms with E-state index in [0.717, 1.165) is 61.2 Å². The third kappa shape index (κ3) is 8.82. The van der Waals surface area contributed by atoms with E-state index < -0.39 is 18.0 Å². The molecule has 0 aromatic heterocycles. The van der Waals surface area contributed by atoms with Crippen LogP contribution < -0.4 is 10.8 Å². The fourth-order valence-corrected chi connectivity index (χ4v) is 5.89. The van der Waals surface area contributed by atoms with Crippen LogP contribution in [0, 0.1) is 0 Å². The number of aliphatic hydroxyl groups is 1. The summed E-state index contributed by atoms with van der Waals surface area (Å²) in [5.74, 6) is -0.940. The Kier molecular flexibility index (Phi) is 11.1. The highest BCUT2D eigenvalue weighted by molar-refractivity contribution is 5.76. The molecule has 3 heterocycles.